The van der Waals surface area contributed by atoms with Gasteiger partial charge in [0, 0.05) is 11.9 Å². The summed E-state index contributed by atoms with van der Waals surface area (Å²) in [5.41, 5.74) is 3.05. The van der Waals surface area contributed by atoms with E-state index in [4.69, 9.17) is 11.6 Å². The molecule has 3 rings (SSSR count). The van der Waals surface area contributed by atoms with Crippen molar-refractivity contribution in [1.29, 1.82) is 0 Å². The number of ketones is 1. The highest BCUT2D eigenvalue weighted by molar-refractivity contribution is 7.14. The van der Waals surface area contributed by atoms with Crippen molar-refractivity contribution in [2.45, 2.75) is 39.0 Å². The number of aromatic nitrogens is 2. The van der Waals surface area contributed by atoms with Gasteiger partial charge in [0.15, 0.2) is 5.78 Å². The van der Waals surface area contributed by atoms with Gasteiger partial charge in [0.05, 0.1) is 27.7 Å². The molecular weight excluding hydrogens is 292 g/mol. The van der Waals surface area contributed by atoms with E-state index in [-0.39, 0.29) is 5.78 Å². The van der Waals surface area contributed by atoms with E-state index in [0.717, 1.165) is 35.5 Å². The minimum absolute atomic E-state index is 0.150. The first kappa shape index (κ1) is 13.8. The fourth-order valence-corrected chi connectivity index (χ4v) is 4.27. The lowest BCUT2D eigenvalue weighted by Gasteiger charge is -2.01. The van der Waals surface area contributed by atoms with E-state index < -0.39 is 0 Å². The van der Waals surface area contributed by atoms with E-state index in [2.05, 4.69) is 11.2 Å². The van der Waals surface area contributed by atoms with Gasteiger partial charge in [0.25, 0.3) is 0 Å². The molecule has 0 saturated heterocycles. The van der Waals surface area contributed by atoms with Crippen LogP contribution in [0.5, 0.6) is 0 Å². The maximum absolute atomic E-state index is 12.4. The molecule has 0 bridgehead atoms. The number of halogens is 1. The second-order valence-corrected chi connectivity index (χ2v) is 6.71. The lowest BCUT2D eigenvalue weighted by atomic mass is 10.1. The van der Waals surface area contributed by atoms with E-state index >= 15 is 0 Å². The van der Waals surface area contributed by atoms with Gasteiger partial charge >= 0.3 is 0 Å². The summed E-state index contributed by atoms with van der Waals surface area (Å²) in [4.78, 5) is 14.7. The number of hydrogen-bond donors (Lipinski definition) is 0. The van der Waals surface area contributed by atoms with Crippen LogP contribution in [0.3, 0.4) is 0 Å². The molecule has 0 fully saturated rings. The first-order valence-corrected chi connectivity index (χ1v) is 8.14. The number of Topliss-reactive ketones (excluding diaryl/α,β-unsaturated/α-hetero) is 1. The molecule has 1 aliphatic rings. The largest absolute Gasteiger partial charge is 0.293 e. The third-order valence-corrected chi connectivity index (χ3v) is 5.57. The molecule has 0 aromatic carbocycles. The third kappa shape index (κ3) is 2.31. The van der Waals surface area contributed by atoms with Crippen molar-refractivity contribution < 1.29 is 4.79 Å². The van der Waals surface area contributed by atoms with Crippen LogP contribution < -0.4 is 0 Å². The number of thiophene rings is 1. The summed E-state index contributed by atoms with van der Waals surface area (Å²) in [5.74, 6) is 0.150. The van der Waals surface area contributed by atoms with Crippen LogP contribution in [0.25, 0.3) is 0 Å². The molecule has 0 aliphatic heterocycles. The Balaban J connectivity index is 1.83. The van der Waals surface area contributed by atoms with Gasteiger partial charge in [0.2, 0.25) is 0 Å². The number of fused-ring (bicyclic) bond motifs is 1. The maximum atomic E-state index is 12.4. The summed E-state index contributed by atoms with van der Waals surface area (Å²) in [6.07, 6.45) is 4.59. The molecule has 20 heavy (non-hydrogen) atoms. The van der Waals surface area contributed by atoms with Crippen molar-refractivity contribution >= 4 is 28.7 Å². The van der Waals surface area contributed by atoms with Crippen LogP contribution in [0.15, 0.2) is 6.07 Å². The number of carbonyl (C=O) groups is 1. The summed E-state index contributed by atoms with van der Waals surface area (Å²) >= 11 is 7.96. The second kappa shape index (κ2) is 5.34. The van der Waals surface area contributed by atoms with Crippen molar-refractivity contribution in [1.82, 2.24) is 9.78 Å². The van der Waals surface area contributed by atoms with E-state index in [1.54, 1.807) is 16.0 Å². The average molecular weight is 309 g/mol. The van der Waals surface area contributed by atoms with Gasteiger partial charge in [-0.15, -0.1) is 11.3 Å². The third-order valence-electron chi connectivity index (χ3n) is 3.85. The molecule has 3 nitrogen and oxygen atoms in total. The van der Waals surface area contributed by atoms with E-state index in [0.29, 0.717) is 11.4 Å². The summed E-state index contributed by atoms with van der Waals surface area (Å²) in [7, 11) is 1.85. The first-order chi connectivity index (χ1) is 9.60. The van der Waals surface area contributed by atoms with Crippen LogP contribution in [-0.4, -0.2) is 15.6 Å². The lowest BCUT2D eigenvalue weighted by Crippen LogP contribution is -2.07. The predicted molar refractivity (Wildman–Crippen MR) is 82.0 cm³/mol. The number of carbonyl (C=O) groups excluding carboxylic acids is 1. The highest BCUT2D eigenvalue weighted by Crippen LogP contribution is 2.32. The van der Waals surface area contributed by atoms with E-state index in [1.165, 1.54) is 16.9 Å². The second-order valence-electron chi connectivity index (χ2n) is 5.20. The first-order valence-electron chi connectivity index (χ1n) is 6.95. The van der Waals surface area contributed by atoms with Gasteiger partial charge in [-0.1, -0.05) is 18.5 Å². The summed E-state index contributed by atoms with van der Waals surface area (Å²) in [6, 6.07) is 2.07. The number of aryl methyl sites for hydroxylation is 4. The summed E-state index contributed by atoms with van der Waals surface area (Å²) in [6.45, 7) is 2.02. The van der Waals surface area contributed by atoms with Gasteiger partial charge in [-0.3, -0.25) is 9.48 Å². The molecule has 0 atom stereocenters. The monoisotopic (exact) mass is 308 g/mol. The van der Waals surface area contributed by atoms with Crippen molar-refractivity contribution in [3.8, 4) is 0 Å². The quantitative estimate of drug-likeness (QED) is 0.809. The zero-order chi connectivity index (χ0) is 14.3. The fourth-order valence-electron chi connectivity index (χ4n) is 2.72. The minimum atomic E-state index is 0.150. The van der Waals surface area contributed by atoms with Crippen LogP contribution in [0.1, 0.15) is 44.8 Å². The molecule has 0 amide bonds. The van der Waals surface area contributed by atoms with Crippen molar-refractivity contribution in [3.63, 3.8) is 0 Å². The highest BCUT2D eigenvalue weighted by atomic mass is 35.5. The molecule has 5 heteroatoms. The van der Waals surface area contributed by atoms with Gasteiger partial charge in [-0.25, -0.2) is 0 Å². The number of hydrogen-bond acceptors (Lipinski definition) is 3. The molecule has 0 unspecified atom stereocenters. The molecule has 0 spiro atoms. The zero-order valence-corrected chi connectivity index (χ0v) is 13.3. The van der Waals surface area contributed by atoms with Crippen LogP contribution in [0.2, 0.25) is 5.02 Å². The standard InChI is InChI=1S/C15H17ClN2OS/c1-3-10-15(16)11(18(2)17-10)8-12(19)14-7-9-5-4-6-13(9)20-14/h7H,3-6,8H2,1-2H3. The van der Waals surface area contributed by atoms with Crippen LogP contribution in [0.4, 0.5) is 0 Å². The smallest absolute Gasteiger partial charge is 0.178 e. The van der Waals surface area contributed by atoms with Crippen LogP contribution in [0, 0.1) is 0 Å². The Hall–Kier alpha value is -1.13. The normalized spacial score (nSPS) is 13.8. The Bertz CT molecular complexity index is 650. The molecular formula is C15H17ClN2OS. The average Bonchev–Trinajstić information content (AvgIpc) is 3.07. The van der Waals surface area contributed by atoms with Gasteiger partial charge in [-0.2, -0.15) is 5.10 Å². The molecule has 2 aromatic heterocycles. The Morgan fingerprint density at radius 3 is 2.95 bits per heavy atom. The highest BCUT2D eigenvalue weighted by Gasteiger charge is 2.21. The fraction of sp³-hybridized carbons (Fsp3) is 0.467. The van der Waals surface area contributed by atoms with E-state index in [1.807, 2.05) is 14.0 Å². The van der Waals surface area contributed by atoms with Crippen LogP contribution >= 0.6 is 22.9 Å². The predicted octanol–water partition coefficient (Wildman–Crippen LogP) is 3.61. The Kier molecular flexibility index (Phi) is 3.69. The van der Waals surface area contributed by atoms with Gasteiger partial charge in [0.1, 0.15) is 0 Å². The minimum Gasteiger partial charge on any atom is -0.293 e. The summed E-state index contributed by atoms with van der Waals surface area (Å²) in [5, 5.41) is 5.01. The number of nitrogens with zero attached hydrogens (tertiary/aromatic N) is 2. The SMILES string of the molecule is CCc1nn(C)c(CC(=O)c2cc3c(s2)CCC3)c1Cl. The lowest BCUT2D eigenvalue weighted by molar-refractivity contribution is 0.0994. The Labute approximate surface area is 127 Å². The van der Waals surface area contributed by atoms with Crippen molar-refractivity contribution in [2.24, 2.45) is 7.05 Å². The Morgan fingerprint density at radius 2 is 2.30 bits per heavy atom. The molecule has 0 saturated carbocycles. The summed E-state index contributed by atoms with van der Waals surface area (Å²) < 4.78 is 1.74. The molecule has 2 heterocycles. The molecule has 1 aliphatic carbocycles. The zero-order valence-electron chi connectivity index (χ0n) is 11.7. The topological polar surface area (TPSA) is 34.9 Å². The number of rotatable bonds is 4. The molecule has 106 valence electrons. The molecule has 0 radical (unpaired) electrons. The van der Waals surface area contributed by atoms with Gasteiger partial charge in [-0.05, 0) is 37.3 Å². The van der Waals surface area contributed by atoms with Crippen molar-refractivity contribution in [3.05, 3.63) is 37.8 Å². The van der Waals surface area contributed by atoms with Gasteiger partial charge < -0.3 is 0 Å². The van der Waals surface area contributed by atoms with E-state index in [9.17, 15) is 4.79 Å². The maximum Gasteiger partial charge on any atom is 0.178 e. The Morgan fingerprint density at radius 1 is 1.50 bits per heavy atom. The van der Waals surface area contributed by atoms with Crippen LogP contribution in [-0.2, 0) is 32.7 Å². The molecule has 2 aromatic rings. The molecule has 0 N–H and O–H groups in total. The van der Waals surface area contributed by atoms with Crippen molar-refractivity contribution in [2.75, 3.05) is 0 Å².